The van der Waals surface area contributed by atoms with Crippen LogP contribution in [0.15, 0.2) is 84.9 Å². The summed E-state index contributed by atoms with van der Waals surface area (Å²) < 4.78 is 1.67. The number of rotatable bonds is 8. The maximum absolute atomic E-state index is 13.4. The number of aromatic nitrogens is 4. The summed E-state index contributed by atoms with van der Waals surface area (Å²) in [7, 11) is 0. The highest BCUT2D eigenvalue weighted by Crippen LogP contribution is 2.21. The molecule has 176 valence electrons. The van der Waals surface area contributed by atoms with Gasteiger partial charge in [0.1, 0.15) is 18.7 Å². The first-order chi connectivity index (χ1) is 17.1. The average Bonchev–Trinajstić information content (AvgIpc) is 3.66. The lowest BCUT2D eigenvalue weighted by Gasteiger charge is -2.22. The van der Waals surface area contributed by atoms with Gasteiger partial charge in [0.05, 0.1) is 16.6 Å². The van der Waals surface area contributed by atoms with Crippen LogP contribution in [-0.4, -0.2) is 37.6 Å². The predicted molar refractivity (Wildman–Crippen MR) is 135 cm³/mol. The average molecular weight is 485 g/mol. The zero-order valence-corrected chi connectivity index (χ0v) is 19.8. The summed E-state index contributed by atoms with van der Waals surface area (Å²) in [5.74, 6) is -0.502. The molecule has 2 amide bonds. The molecule has 0 aliphatic heterocycles. The Morgan fingerprint density at radius 3 is 2.63 bits per heavy atom. The molecule has 0 saturated carbocycles. The number of carbonyl (C=O) groups excluding carboxylic acids is 2. The van der Waals surface area contributed by atoms with E-state index in [-0.39, 0.29) is 17.9 Å². The normalized spacial score (nSPS) is 12.8. The molecule has 0 fully saturated rings. The van der Waals surface area contributed by atoms with Gasteiger partial charge in [-0.2, -0.15) is 5.10 Å². The van der Waals surface area contributed by atoms with Crippen LogP contribution in [0.3, 0.4) is 0 Å². The summed E-state index contributed by atoms with van der Waals surface area (Å²) in [6.45, 7) is 1.92. The van der Waals surface area contributed by atoms with Gasteiger partial charge in [0.25, 0.3) is 5.91 Å². The highest BCUT2D eigenvalue weighted by Gasteiger charge is 2.25. The molecule has 2 atom stereocenters. The minimum absolute atomic E-state index is 0.243. The molecular formula is C26H24N6O2S. The van der Waals surface area contributed by atoms with Crippen molar-refractivity contribution in [1.82, 2.24) is 30.4 Å². The summed E-state index contributed by atoms with van der Waals surface area (Å²) >= 11 is 1.34. The van der Waals surface area contributed by atoms with E-state index in [1.807, 2.05) is 73.1 Å². The second-order valence-corrected chi connectivity index (χ2v) is 9.18. The Kier molecular flexibility index (Phi) is 6.40. The Morgan fingerprint density at radius 2 is 1.89 bits per heavy atom. The fourth-order valence-electron chi connectivity index (χ4n) is 4.02. The van der Waals surface area contributed by atoms with E-state index in [1.54, 1.807) is 17.1 Å². The molecule has 3 heterocycles. The molecule has 2 aromatic carbocycles. The van der Waals surface area contributed by atoms with Crippen molar-refractivity contribution in [2.45, 2.75) is 25.4 Å². The predicted octanol–water partition coefficient (Wildman–Crippen LogP) is 4.03. The van der Waals surface area contributed by atoms with Gasteiger partial charge in [-0.3, -0.25) is 9.59 Å². The van der Waals surface area contributed by atoms with E-state index in [4.69, 9.17) is 0 Å². The number of nitrogens with zero attached hydrogens (tertiary/aromatic N) is 3. The van der Waals surface area contributed by atoms with Crippen molar-refractivity contribution in [2.75, 3.05) is 0 Å². The Bertz CT molecular complexity index is 1420. The monoisotopic (exact) mass is 484 g/mol. The first-order valence-electron chi connectivity index (χ1n) is 11.2. The lowest BCUT2D eigenvalue weighted by Crippen LogP contribution is -2.48. The highest BCUT2D eigenvalue weighted by molar-refractivity contribution is 7.12. The largest absolute Gasteiger partial charge is 0.361 e. The van der Waals surface area contributed by atoms with Gasteiger partial charge in [0, 0.05) is 23.5 Å². The Hall–Kier alpha value is -4.24. The van der Waals surface area contributed by atoms with Gasteiger partial charge < -0.3 is 15.6 Å². The molecule has 0 radical (unpaired) electrons. The van der Waals surface area contributed by atoms with Gasteiger partial charge >= 0.3 is 0 Å². The number of aromatic amines is 1. The van der Waals surface area contributed by atoms with Crippen molar-refractivity contribution in [3.8, 4) is 5.69 Å². The Morgan fingerprint density at radius 1 is 1.06 bits per heavy atom. The van der Waals surface area contributed by atoms with E-state index in [2.05, 4.69) is 25.7 Å². The summed E-state index contributed by atoms with van der Waals surface area (Å²) in [6, 6.07) is 18.2. The van der Waals surface area contributed by atoms with Crippen molar-refractivity contribution in [3.63, 3.8) is 0 Å². The van der Waals surface area contributed by atoms with Crippen LogP contribution in [0.2, 0.25) is 0 Å². The highest BCUT2D eigenvalue weighted by atomic mass is 32.1. The SMILES string of the molecule is CC(NC(=O)[C@H](Cc1c[nH]c2ccccc12)NC(=O)c1cccs1)c1ccc(-n2cncn2)cc1. The third kappa shape index (κ3) is 4.99. The fraction of sp³-hybridized carbons (Fsp3) is 0.154. The number of para-hydroxylation sites is 1. The van der Waals surface area contributed by atoms with Gasteiger partial charge in [-0.1, -0.05) is 36.4 Å². The molecule has 35 heavy (non-hydrogen) atoms. The van der Waals surface area contributed by atoms with E-state index in [9.17, 15) is 9.59 Å². The number of hydrogen-bond acceptors (Lipinski definition) is 5. The van der Waals surface area contributed by atoms with Crippen LogP contribution in [-0.2, 0) is 11.2 Å². The second kappa shape index (κ2) is 9.94. The molecule has 5 aromatic rings. The van der Waals surface area contributed by atoms with Crippen LogP contribution in [0.25, 0.3) is 16.6 Å². The van der Waals surface area contributed by atoms with E-state index in [0.29, 0.717) is 11.3 Å². The summed E-state index contributed by atoms with van der Waals surface area (Å²) in [6.07, 6.45) is 5.38. The first-order valence-corrected chi connectivity index (χ1v) is 12.1. The van der Waals surface area contributed by atoms with E-state index >= 15 is 0 Å². The van der Waals surface area contributed by atoms with Crippen molar-refractivity contribution in [3.05, 3.63) is 101 Å². The topological polar surface area (TPSA) is 105 Å². The number of hydrogen-bond donors (Lipinski definition) is 3. The minimum Gasteiger partial charge on any atom is -0.361 e. The number of carbonyl (C=O) groups is 2. The Labute approximate surface area is 206 Å². The van der Waals surface area contributed by atoms with Gasteiger partial charge in [-0.25, -0.2) is 9.67 Å². The number of benzene rings is 2. The zero-order chi connectivity index (χ0) is 24.2. The molecule has 0 aliphatic carbocycles. The molecule has 0 saturated heterocycles. The third-order valence-corrected chi connectivity index (χ3v) is 6.77. The molecular weight excluding hydrogens is 460 g/mol. The maximum atomic E-state index is 13.4. The van der Waals surface area contributed by atoms with Gasteiger partial charge in [0.15, 0.2) is 0 Å². The van der Waals surface area contributed by atoms with Crippen molar-refractivity contribution in [2.24, 2.45) is 0 Å². The van der Waals surface area contributed by atoms with Crippen molar-refractivity contribution < 1.29 is 9.59 Å². The van der Waals surface area contributed by atoms with Gasteiger partial charge in [-0.05, 0) is 47.7 Å². The summed E-state index contributed by atoms with van der Waals surface area (Å²) in [5, 5.41) is 13.0. The third-order valence-electron chi connectivity index (χ3n) is 5.90. The quantitative estimate of drug-likeness (QED) is 0.309. The van der Waals surface area contributed by atoms with Crippen LogP contribution in [0.4, 0.5) is 0 Å². The molecule has 0 spiro atoms. The van der Waals surface area contributed by atoms with Gasteiger partial charge in [-0.15, -0.1) is 11.3 Å². The van der Waals surface area contributed by atoms with Gasteiger partial charge in [0.2, 0.25) is 5.91 Å². The van der Waals surface area contributed by atoms with Crippen LogP contribution in [0.1, 0.15) is 33.8 Å². The number of nitrogens with one attached hydrogen (secondary N) is 3. The van der Waals surface area contributed by atoms with Crippen LogP contribution < -0.4 is 10.6 Å². The summed E-state index contributed by atoms with van der Waals surface area (Å²) in [5.41, 5.74) is 3.78. The molecule has 1 unspecified atom stereocenters. The maximum Gasteiger partial charge on any atom is 0.262 e. The van der Waals surface area contributed by atoms with Crippen LogP contribution >= 0.6 is 11.3 Å². The van der Waals surface area contributed by atoms with Crippen LogP contribution in [0.5, 0.6) is 0 Å². The summed E-state index contributed by atoms with van der Waals surface area (Å²) in [4.78, 5) is 34.0. The van der Waals surface area contributed by atoms with E-state index < -0.39 is 6.04 Å². The van der Waals surface area contributed by atoms with Crippen molar-refractivity contribution >= 4 is 34.1 Å². The molecule has 5 rings (SSSR count). The molecule has 9 heteroatoms. The number of fused-ring (bicyclic) bond motifs is 1. The standard InChI is InChI=1S/C26H24N6O2S/c1-17(18-8-10-20(11-9-18)32-16-27-15-29-32)30-25(33)23(31-26(34)24-7-4-12-35-24)13-19-14-28-22-6-3-2-5-21(19)22/h2-12,14-17,23,28H,13H2,1H3,(H,30,33)(H,31,34)/t17?,23-/m0/s1. The number of H-pyrrole nitrogens is 1. The lowest BCUT2D eigenvalue weighted by atomic mass is 10.0. The Balaban J connectivity index is 1.34. The molecule has 3 aromatic heterocycles. The zero-order valence-electron chi connectivity index (χ0n) is 19.0. The van der Waals surface area contributed by atoms with Crippen molar-refractivity contribution in [1.29, 1.82) is 0 Å². The lowest BCUT2D eigenvalue weighted by molar-refractivity contribution is -0.123. The molecule has 0 aliphatic rings. The molecule has 8 nitrogen and oxygen atoms in total. The number of amides is 2. The first kappa shape index (κ1) is 22.5. The number of thiophene rings is 1. The van der Waals surface area contributed by atoms with E-state index in [0.717, 1.165) is 27.7 Å². The minimum atomic E-state index is -0.735. The smallest absolute Gasteiger partial charge is 0.262 e. The second-order valence-electron chi connectivity index (χ2n) is 8.23. The van der Waals surface area contributed by atoms with E-state index in [1.165, 1.54) is 17.7 Å². The van der Waals surface area contributed by atoms with Crippen LogP contribution in [0, 0.1) is 0 Å². The molecule has 3 N–H and O–H groups in total. The molecule has 0 bridgehead atoms. The fourth-order valence-corrected chi connectivity index (χ4v) is 4.65.